The molecule has 2 rings (SSSR count). The zero-order valence-electron chi connectivity index (χ0n) is 11.5. The molecule has 0 saturated carbocycles. The van der Waals surface area contributed by atoms with E-state index in [-0.39, 0.29) is 5.41 Å². The Morgan fingerprint density at radius 3 is 1.82 bits per heavy atom. The molecule has 0 bridgehead atoms. The van der Waals surface area contributed by atoms with Gasteiger partial charge >= 0.3 is 0 Å². The van der Waals surface area contributed by atoms with Gasteiger partial charge in [-0.15, -0.1) is 0 Å². The molecule has 0 fully saturated rings. The quantitative estimate of drug-likeness (QED) is 0.689. The van der Waals surface area contributed by atoms with Gasteiger partial charge in [-0.3, -0.25) is 0 Å². The highest BCUT2D eigenvalue weighted by Gasteiger charge is 2.31. The molecule has 1 aliphatic rings. The van der Waals surface area contributed by atoms with Crippen LogP contribution in [0.2, 0.25) is 0 Å². The molecule has 0 aromatic heterocycles. The van der Waals surface area contributed by atoms with Crippen molar-refractivity contribution in [3.8, 4) is 0 Å². The highest BCUT2D eigenvalue weighted by atomic mass is 14.3. The van der Waals surface area contributed by atoms with E-state index in [1.54, 1.807) is 0 Å². The largest absolute Gasteiger partial charge is 0.0768 e. The first-order valence-electron chi connectivity index (χ1n) is 6.36. The van der Waals surface area contributed by atoms with E-state index in [0.717, 1.165) is 0 Å². The van der Waals surface area contributed by atoms with Crippen LogP contribution in [0.25, 0.3) is 0 Å². The summed E-state index contributed by atoms with van der Waals surface area (Å²) < 4.78 is 0. The lowest BCUT2D eigenvalue weighted by Gasteiger charge is -2.33. The van der Waals surface area contributed by atoms with E-state index in [2.05, 4.69) is 71.1 Å². The van der Waals surface area contributed by atoms with Gasteiger partial charge in [0.25, 0.3) is 0 Å². The van der Waals surface area contributed by atoms with Crippen LogP contribution >= 0.6 is 0 Å². The van der Waals surface area contributed by atoms with E-state index in [1.807, 2.05) is 0 Å². The van der Waals surface area contributed by atoms with E-state index in [4.69, 9.17) is 0 Å². The summed E-state index contributed by atoms with van der Waals surface area (Å²) in [6.45, 7) is 11.3. The maximum atomic E-state index is 2.35. The van der Waals surface area contributed by atoms with Crippen LogP contribution in [0.4, 0.5) is 0 Å². The van der Waals surface area contributed by atoms with Crippen LogP contribution in [0.5, 0.6) is 0 Å². The lowest BCUT2D eigenvalue weighted by atomic mass is 9.70. The summed E-state index contributed by atoms with van der Waals surface area (Å²) in [5.74, 6) is 0.516. The predicted octanol–water partition coefficient (Wildman–Crippen LogP) is 4.63. The fourth-order valence-corrected chi connectivity index (χ4v) is 3.28. The van der Waals surface area contributed by atoms with Crippen molar-refractivity contribution >= 4 is 0 Å². The Hall–Kier alpha value is -1.30. The van der Waals surface area contributed by atoms with Crippen molar-refractivity contribution < 1.29 is 0 Å². The number of rotatable bonds is 2. The summed E-state index contributed by atoms with van der Waals surface area (Å²) in [7, 11) is 0. The zero-order chi connectivity index (χ0) is 12.6. The van der Waals surface area contributed by atoms with Crippen LogP contribution in [0.15, 0.2) is 36.4 Å². The van der Waals surface area contributed by atoms with Crippen LogP contribution in [0.3, 0.4) is 0 Å². The van der Waals surface area contributed by atoms with E-state index in [0.29, 0.717) is 5.92 Å². The Morgan fingerprint density at radius 1 is 0.882 bits per heavy atom. The third-order valence-electron chi connectivity index (χ3n) is 3.90. The molecule has 0 saturated heterocycles. The number of hydrogen-bond acceptors (Lipinski definition) is 0. The first-order chi connectivity index (χ1) is 7.93. The molecule has 0 heteroatoms. The summed E-state index contributed by atoms with van der Waals surface area (Å²) in [6, 6.07) is 4.60. The Labute approximate surface area is 105 Å². The molecular weight excluding hydrogens is 204 g/mol. The van der Waals surface area contributed by atoms with Crippen molar-refractivity contribution in [3.05, 3.63) is 58.7 Å². The molecule has 0 amide bonds. The normalized spacial score (nSPS) is 15.8. The van der Waals surface area contributed by atoms with Crippen LogP contribution in [0.1, 0.15) is 36.1 Å². The maximum absolute atomic E-state index is 2.35. The van der Waals surface area contributed by atoms with Crippen molar-refractivity contribution in [1.82, 2.24) is 0 Å². The van der Waals surface area contributed by atoms with Gasteiger partial charge in [-0.2, -0.15) is 0 Å². The Balaban J connectivity index is 2.52. The molecule has 0 atom stereocenters. The second kappa shape index (κ2) is 4.18. The second-order valence-corrected chi connectivity index (χ2v) is 5.79. The number of aryl methyl sites for hydroxylation is 3. The van der Waals surface area contributed by atoms with Gasteiger partial charge in [-0.05, 0) is 42.9 Å². The lowest BCUT2D eigenvalue weighted by molar-refractivity contribution is 0.443. The average Bonchev–Trinajstić information content (AvgIpc) is 2.67. The average molecular weight is 226 g/mol. The smallest absolute Gasteiger partial charge is 0.00447 e. The van der Waals surface area contributed by atoms with Gasteiger partial charge in [0, 0.05) is 5.92 Å². The molecule has 0 N–H and O–H groups in total. The Kier molecular flexibility index (Phi) is 2.99. The maximum Gasteiger partial charge on any atom is 0.00447 e. The number of benzene rings is 1. The minimum atomic E-state index is 0.172. The fourth-order valence-electron chi connectivity index (χ4n) is 3.28. The molecular formula is C17H22. The third kappa shape index (κ3) is 2.09. The molecule has 90 valence electrons. The summed E-state index contributed by atoms with van der Waals surface area (Å²) in [4.78, 5) is 0. The fraction of sp³-hybridized carbons (Fsp3) is 0.412. The molecule has 0 radical (unpaired) electrons. The predicted molar refractivity (Wildman–Crippen MR) is 75.4 cm³/mol. The summed E-state index contributed by atoms with van der Waals surface area (Å²) in [5, 5.41) is 0. The Morgan fingerprint density at radius 2 is 1.35 bits per heavy atom. The molecule has 1 aromatic rings. The van der Waals surface area contributed by atoms with Crippen molar-refractivity contribution in [2.45, 2.75) is 40.0 Å². The van der Waals surface area contributed by atoms with Crippen molar-refractivity contribution in [2.75, 3.05) is 0 Å². The van der Waals surface area contributed by atoms with Gasteiger partial charge in [-0.1, -0.05) is 55.8 Å². The van der Waals surface area contributed by atoms with E-state index >= 15 is 0 Å². The number of allylic oxidation sites excluding steroid dienone is 4. The van der Waals surface area contributed by atoms with Gasteiger partial charge in [0.1, 0.15) is 0 Å². The van der Waals surface area contributed by atoms with Gasteiger partial charge < -0.3 is 0 Å². The second-order valence-electron chi connectivity index (χ2n) is 5.79. The first kappa shape index (κ1) is 12.2. The first-order valence-corrected chi connectivity index (χ1v) is 6.36. The van der Waals surface area contributed by atoms with Gasteiger partial charge in [0.15, 0.2) is 0 Å². The Bertz CT molecular complexity index is 452. The van der Waals surface area contributed by atoms with E-state index < -0.39 is 0 Å². The summed E-state index contributed by atoms with van der Waals surface area (Å²) in [5.41, 5.74) is 5.87. The van der Waals surface area contributed by atoms with E-state index in [9.17, 15) is 0 Å². The van der Waals surface area contributed by atoms with E-state index in [1.165, 1.54) is 22.3 Å². The zero-order valence-corrected chi connectivity index (χ0v) is 11.5. The van der Waals surface area contributed by atoms with Crippen LogP contribution in [-0.2, 0) is 5.41 Å². The number of hydrogen-bond donors (Lipinski definition) is 0. The molecule has 0 aliphatic heterocycles. The SMILES string of the molecule is Cc1cc(C)c(C(C)(C)C2C=CC=C2)c(C)c1. The summed E-state index contributed by atoms with van der Waals surface area (Å²) >= 11 is 0. The van der Waals surface area contributed by atoms with Gasteiger partial charge in [0.05, 0.1) is 0 Å². The molecule has 0 heterocycles. The van der Waals surface area contributed by atoms with Gasteiger partial charge in [0.2, 0.25) is 0 Å². The highest BCUT2D eigenvalue weighted by molar-refractivity contribution is 5.44. The lowest BCUT2D eigenvalue weighted by Crippen LogP contribution is -2.27. The molecule has 0 spiro atoms. The topological polar surface area (TPSA) is 0 Å². The van der Waals surface area contributed by atoms with Crippen molar-refractivity contribution in [2.24, 2.45) is 5.92 Å². The van der Waals surface area contributed by atoms with Gasteiger partial charge in [-0.25, -0.2) is 0 Å². The molecule has 0 nitrogen and oxygen atoms in total. The monoisotopic (exact) mass is 226 g/mol. The minimum absolute atomic E-state index is 0.172. The molecule has 1 aromatic carbocycles. The van der Waals surface area contributed by atoms with Crippen molar-refractivity contribution in [3.63, 3.8) is 0 Å². The summed E-state index contributed by atoms with van der Waals surface area (Å²) in [6.07, 6.45) is 8.92. The van der Waals surface area contributed by atoms with Crippen molar-refractivity contribution in [1.29, 1.82) is 0 Å². The van der Waals surface area contributed by atoms with Crippen LogP contribution in [-0.4, -0.2) is 0 Å². The van der Waals surface area contributed by atoms with Crippen LogP contribution < -0.4 is 0 Å². The molecule has 0 unspecified atom stereocenters. The molecule has 17 heavy (non-hydrogen) atoms. The standard InChI is InChI=1S/C17H22/c1-12-10-13(2)16(14(3)11-12)17(4,5)15-8-6-7-9-15/h6-11,15H,1-5H3. The third-order valence-corrected chi connectivity index (χ3v) is 3.90. The van der Waals surface area contributed by atoms with Crippen LogP contribution in [0, 0.1) is 26.7 Å². The highest BCUT2D eigenvalue weighted by Crippen LogP contribution is 2.39. The minimum Gasteiger partial charge on any atom is -0.0768 e. The molecule has 1 aliphatic carbocycles.